The summed E-state index contributed by atoms with van der Waals surface area (Å²) in [6.07, 6.45) is 5.34. The van der Waals surface area contributed by atoms with Crippen LogP contribution in [0.3, 0.4) is 0 Å². The molecule has 0 atom stereocenters. The molecule has 0 unspecified atom stereocenters. The van der Waals surface area contributed by atoms with Crippen molar-refractivity contribution in [1.29, 1.82) is 0 Å². The highest BCUT2D eigenvalue weighted by Gasteiger charge is 2.08. The van der Waals surface area contributed by atoms with Gasteiger partial charge in [0.25, 0.3) is 0 Å². The average Bonchev–Trinajstić information content (AvgIpc) is 2.91. The third kappa shape index (κ3) is 2.69. The van der Waals surface area contributed by atoms with Crippen molar-refractivity contribution in [2.24, 2.45) is 0 Å². The van der Waals surface area contributed by atoms with Crippen LogP contribution in [0.25, 0.3) is 11.0 Å². The number of pyridine rings is 1. The Morgan fingerprint density at radius 3 is 2.68 bits per heavy atom. The summed E-state index contributed by atoms with van der Waals surface area (Å²) in [5, 5.41) is 3.22. The lowest BCUT2D eigenvalue weighted by atomic mass is 10.3. The predicted molar refractivity (Wildman–Crippen MR) is 87.6 cm³/mol. The van der Waals surface area contributed by atoms with Crippen LogP contribution in [-0.4, -0.2) is 38.6 Å². The molecule has 114 valence electrons. The number of rotatable bonds is 4. The molecule has 3 aromatic rings. The van der Waals surface area contributed by atoms with Gasteiger partial charge in [0.2, 0.25) is 5.95 Å². The molecule has 0 aliphatic heterocycles. The number of fused-ring (bicyclic) bond motifs is 1. The molecule has 0 fully saturated rings. The SMILES string of the molecule is CC(C)n1cnc2cnc(Nc3ccnc(N(C)C)n3)cc21. The first-order valence-electron chi connectivity index (χ1n) is 7.14. The maximum atomic E-state index is 4.43. The second-order valence-corrected chi connectivity index (χ2v) is 5.57. The molecule has 22 heavy (non-hydrogen) atoms. The summed E-state index contributed by atoms with van der Waals surface area (Å²) in [4.78, 5) is 19.2. The Morgan fingerprint density at radius 2 is 1.95 bits per heavy atom. The van der Waals surface area contributed by atoms with Gasteiger partial charge in [0.1, 0.15) is 17.2 Å². The van der Waals surface area contributed by atoms with Crippen LogP contribution in [0.2, 0.25) is 0 Å². The van der Waals surface area contributed by atoms with E-state index in [1.807, 2.05) is 37.5 Å². The molecule has 0 spiro atoms. The second-order valence-electron chi connectivity index (χ2n) is 5.57. The summed E-state index contributed by atoms with van der Waals surface area (Å²) >= 11 is 0. The van der Waals surface area contributed by atoms with Crippen LogP contribution in [-0.2, 0) is 0 Å². The number of nitrogens with zero attached hydrogens (tertiary/aromatic N) is 6. The van der Waals surface area contributed by atoms with Crippen molar-refractivity contribution in [2.45, 2.75) is 19.9 Å². The predicted octanol–water partition coefficient (Wildman–Crippen LogP) is 2.61. The lowest BCUT2D eigenvalue weighted by molar-refractivity contribution is 0.617. The summed E-state index contributed by atoms with van der Waals surface area (Å²) in [6, 6.07) is 4.15. The number of nitrogens with one attached hydrogen (secondary N) is 1. The summed E-state index contributed by atoms with van der Waals surface area (Å²) in [5.41, 5.74) is 1.94. The molecule has 7 nitrogen and oxygen atoms in total. The fraction of sp³-hybridized carbons (Fsp3) is 0.333. The van der Waals surface area contributed by atoms with Crippen LogP contribution in [0.15, 0.2) is 30.9 Å². The molecule has 3 aromatic heterocycles. The first-order valence-corrected chi connectivity index (χ1v) is 7.14. The molecule has 0 aliphatic carbocycles. The molecule has 3 rings (SSSR count). The lowest BCUT2D eigenvalue weighted by Crippen LogP contribution is -2.13. The summed E-state index contributed by atoms with van der Waals surface area (Å²) in [6.45, 7) is 4.25. The Bertz CT molecular complexity index is 791. The monoisotopic (exact) mass is 297 g/mol. The van der Waals surface area contributed by atoms with Gasteiger partial charge in [-0.25, -0.2) is 15.0 Å². The Morgan fingerprint density at radius 1 is 1.14 bits per heavy atom. The van der Waals surface area contributed by atoms with Crippen molar-refractivity contribution in [3.8, 4) is 0 Å². The van der Waals surface area contributed by atoms with Gasteiger partial charge in [-0.1, -0.05) is 0 Å². The van der Waals surface area contributed by atoms with Crippen LogP contribution in [0.5, 0.6) is 0 Å². The number of anilines is 3. The Labute approximate surface area is 129 Å². The van der Waals surface area contributed by atoms with Crippen molar-refractivity contribution in [3.05, 3.63) is 30.9 Å². The maximum Gasteiger partial charge on any atom is 0.226 e. The molecule has 0 aliphatic rings. The minimum absolute atomic E-state index is 0.347. The van der Waals surface area contributed by atoms with Crippen LogP contribution in [0, 0.1) is 0 Å². The standard InChI is InChI=1S/C15H19N7/c1-10(2)22-9-18-11-8-17-14(7-12(11)22)19-13-5-6-16-15(20-13)21(3)4/h5-10H,1-4H3,(H,16,17,19,20). The quantitative estimate of drug-likeness (QED) is 0.798. The average molecular weight is 297 g/mol. The highest BCUT2D eigenvalue weighted by atomic mass is 15.2. The van der Waals surface area contributed by atoms with Gasteiger partial charge < -0.3 is 14.8 Å². The van der Waals surface area contributed by atoms with E-state index in [9.17, 15) is 0 Å². The van der Waals surface area contributed by atoms with E-state index in [2.05, 4.69) is 43.7 Å². The number of hydrogen-bond donors (Lipinski definition) is 1. The zero-order valence-corrected chi connectivity index (χ0v) is 13.1. The van der Waals surface area contributed by atoms with Gasteiger partial charge in [-0.05, 0) is 19.9 Å². The molecule has 0 saturated carbocycles. The third-order valence-electron chi connectivity index (χ3n) is 3.32. The normalized spacial score (nSPS) is 11.1. The highest BCUT2D eigenvalue weighted by molar-refractivity contribution is 5.78. The maximum absolute atomic E-state index is 4.43. The van der Waals surface area contributed by atoms with Gasteiger partial charge in [-0.15, -0.1) is 0 Å². The zero-order chi connectivity index (χ0) is 15.7. The summed E-state index contributed by atoms with van der Waals surface area (Å²) < 4.78 is 2.12. The Hall–Kier alpha value is -2.70. The van der Waals surface area contributed by atoms with Crippen LogP contribution in [0.1, 0.15) is 19.9 Å². The van der Waals surface area contributed by atoms with Crippen molar-refractivity contribution >= 4 is 28.6 Å². The lowest BCUT2D eigenvalue weighted by Gasteiger charge is -2.12. The van der Waals surface area contributed by atoms with E-state index in [-0.39, 0.29) is 0 Å². The molecule has 1 N–H and O–H groups in total. The van der Waals surface area contributed by atoms with Crippen molar-refractivity contribution < 1.29 is 0 Å². The van der Waals surface area contributed by atoms with Crippen LogP contribution < -0.4 is 10.2 Å². The van der Waals surface area contributed by atoms with Crippen LogP contribution >= 0.6 is 0 Å². The molecule has 0 saturated heterocycles. The fourth-order valence-electron chi connectivity index (χ4n) is 2.17. The van der Waals surface area contributed by atoms with Crippen molar-refractivity contribution in [2.75, 3.05) is 24.3 Å². The van der Waals surface area contributed by atoms with Gasteiger partial charge in [0, 0.05) is 32.4 Å². The van der Waals surface area contributed by atoms with E-state index in [0.717, 1.165) is 16.9 Å². The molecule has 0 amide bonds. The summed E-state index contributed by atoms with van der Waals surface area (Å²) in [5.74, 6) is 2.10. The zero-order valence-electron chi connectivity index (χ0n) is 13.1. The third-order valence-corrected chi connectivity index (χ3v) is 3.32. The molecule has 0 bridgehead atoms. The van der Waals surface area contributed by atoms with Gasteiger partial charge in [-0.2, -0.15) is 4.98 Å². The van der Waals surface area contributed by atoms with E-state index < -0.39 is 0 Å². The highest BCUT2D eigenvalue weighted by Crippen LogP contribution is 2.21. The number of hydrogen-bond acceptors (Lipinski definition) is 6. The van der Waals surface area contributed by atoms with E-state index in [1.165, 1.54) is 0 Å². The van der Waals surface area contributed by atoms with E-state index in [1.54, 1.807) is 12.4 Å². The molecule has 0 radical (unpaired) electrons. The first kappa shape index (κ1) is 14.2. The summed E-state index contributed by atoms with van der Waals surface area (Å²) in [7, 11) is 3.81. The minimum atomic E-state index is 0.347. The first-order chi connectivity index (χ1) is 10.5. The molecule has 3 heterocycles. The van der Waals surface area contributed by atoms with Crippen molar-refractivity contribution in [3.63, 3.8) is 0 Å². The van der Waals surface area contributed by atoms with Gasteiger partial charge >= 0.3 is 0 Å². The molecule has 7 heteroatoms. The van der Waals surface area contributed by atoms with Crippen LogP contribution in [0.4, 0.5) is 17.6 Å². The fourth-order valence-corrected chi connectivity index (χ4v) is 2.17. The molecule has 0 aromatic carbocycles. The second kappa shape index (κ2) is 5.59. The number of imidazole rings is 1. The smallest absolute Gasteiger partial charge is 0.226 e. The Kier molecular flexibility index (Phi) is 3.62. The van der Waals surface area contributed by atoms with Gasteiger partial charge in [-0.3, -0.25) is 0 Å². The molecular weight excluding hydrogens is 278 g/mol. The van der Waals surface area contributed by atoms with Gasteiger partial charge in [0.05, 0.1) is 18.0 Å². The largest absolute Gasteiger partial charge is 0.347 e. The van der Waals surface area contributed by atoms with Gasteiger partial charge in [0.15, 0.2) is 0 Å². The minimum Gasteiger partial charge on any atom is -0.347 e. The molecular formula is C15H19N7. The van der Waals surface area contributed by atoms with E-state index in [4.69, 9.17) is 0 Å². The van der Waals surface area contributed by atoms with Crippen molar-refractivity contribution in [1.82, 2.24) is 24.5 Å². The Balaban J connectivity index is 1.93. The van der Waals surface area contributed by atoms with E-state index in [0.29, 0.717) is 17.8 Å². The topological polar surface area (TPSA) is 71.8 Å². The van der Waals surface area contributed by atoms with E-state index >= 15 is 0 Å². The number of aromatic nitrogens is 5.